The molecule has 1 aliphatic heterocycles. The van der Waals surface area contributed by atoms with Crippen molar-refractivity contribution in [2.24, 2.45) is 5.92 Å². The van der Waals surface area contributed by atoms with E-state index in [0.29, 0.717) is 4.90 Å². The highest BCUT2D eigenvalue weighted by molar-refractivity contribution is 7.91. The van der Waals surface area contributed by atoms with E-state index >= 15 is 0 Å². The number of aliphatic hydroxyl groups excluding tert-OH is 1. The van der Waals surface area contributed by atoms with E-state index in [2.05, 4.69) is 0 Å². The third kappa shape index (κ3) is 2.11. The van der Waals surface area contributed by atoms with Crippen LogP contribution in [0.3, 0.4) is 0 Å². The van der Waals surface area contributed by atoms with Crippen LogP contribution in [0.2, 0.25) is 0 Å². The molecule has 1 aromatic rings. The van der Waals surface area contributed by atoms with E-state index < -0.39 is 15.9 Å². The third-order valence-corrected chi connectivity index (χ3v) is 5.50. The number of aliphatic hydroxyl groups is 1. The Kier molecular flexibility index (Phi) is 3.27. The minimum Gasteiger partial charge on any atom is -0.393 e. The SMILES string of the molecule is CCC(C(C)O)C1CS(=O)(=O)c2ccccc21. The Hall–Kier alpha value is -0.870. The van der Waals surface area contributed by atoms with Gasteiger partial charge in [0.25, 0.3) is 0 Å². The van der Waals surface area contributed by atoms with Gasteiger partial charge in [0, 0.05) is 5.92 Å². The molecule has 0 aromatic heterocycles. The average Bonchev–Trinajstić information content (AvgIpc) is 2.53. The Labute approximate surface area is 102 Å². The highest BCUT2D eigenvalue weighted by atomic mass is 32.2. The molecule has 0 radical (unpaired) electrons. The third-order valence-electron chi connectivity index (χ3n) is 3.66. The van der Waals surface area contributed by atoms with Crippen molar-refractivity contribution in [3.05, 3.63) is 29.8 Å². The fourth-order valence-corrected chi connectivity index (χ4v) is 4.75. The van der Waals surface area contributed by atoms with Gasteiger partial charge in [-0.05, 0) is 24.5 Å². The quantitative estimate of drug-likeness (QED) is 0.897. The van der Waals surface area contributed by atoms with Gasteiger partial charge in [-0.3, -0.25) is 0 Å². The smallest absolute Gasteiger partial charge is 0.179 e. The van der Waals surface area contributed by atoms with Gasteiger partial charge < -0.3 is 5.11 Å². The first kappa shape index (κ1) is 12.6. The van der Waals surface area contributed by atoms with Crippen LogP contribution in [-0.2, 0) is 9.84 Å². The van der Waals surface area contributed by atoms with Crippen LogP contribution in [-0.4, -0.2) is 25.4 Å². The van der Waals surface area contributed by atoms with E-state index in [1.807, 2.05) is 19.1 Å². The lowest BCUT2D eigenvalue weighted by atomic mass is 9.83. The minimum absolute atomic E-state index is 0.00780. The highest BCUT2D eigenvalue weighted by Crippen LogP contribution is 2.41. The van der Waals surface area contributed by atoms with Crippen LogP contribution < -0.4 is 0 Å². The standard InChI is InChI=1S/C13H18O3S/c1-3-10(9(2)14)12-8-17(15,16)13-7-5-4-6-11(12)13/h4-7,9-10,12,14H,3,8H2,1-2H3. The Morgan fingerprint density at radius 2 is 2.06 bits per heavy atom. The predicted molar refractivity (Wildman–Crippen MR) is 66.7 cm³/mol. The monoisotopic (exact) mass is 254 g/mol. The maximum absolute atomic E-state index is 12.0. The van der Waals surface area contributed by atoms with E-state index in [4.69, 9.17) is 0 Å². The molecular weight excluding hydrogens is 236 g/mol. The zero-order chi connectivity index (χ0) is 12.6. The molecule has 1 aromatic carbocycles. The molecule has 3 nitrogen and oxygen atoms in total. The van der Waals surface area contributed by atoms with Crippen molar-refractivity contribution in [1.82, 2.24) is 0 Å². The van der Waals surface area contributed by atoms with Crippen LogP contribution in [0, 0.1) is 5.92 Å². The van der Waals surface area contributed by atoms with Crippen LogP contribution in [0.25, 0.3) is 0 Å². The van der Waals surface area contributed by atoms with Crippen LogP contribution in [0.1, 0.15) is 31.7 Å². The molecule has 2 rings (SSSR count). The minimum atomic E-state index is -3.15. The van der Waals surface area contributed by atoms with E-state index in [1.165, 1.54) is 0 Å². The van der Waals surface area contributed by atoms with Crippen molar-refractivity contribution in [1.29, 1.82) is 0 Å². The first-order valence-corrected chi connectivity index (χ1v) is 7.62. The van der Waals surface area contributed by atoms with Crippen molar-refractivity contribution in [2.75, 3.05) is 5.75 Å². The van der Waals surface area contributed by atoms with Crippen molar-refractivity contribution < 1.29 is 13.5 Å². The van der Waals surface area contributed by atoms with E-state index in [-0.39, 0.29) is 17.6 Å². The predicted octanol–water partition coefficient (Wildman–Crippen LogP) is 1.96. The molecule has 0 amide bonds. The normalized spacial score (nSPS) is 25.2. The van der Waals surface area contributed by atoms with Gasteiger partial charge >= 0.3 is 0 Å². The summed E-state index contributed by atoms with van der Waals surface area (Å²) in [7, 11) is -3.15. The second kappa shape index (κ2) is 4.42. The molecule has 3 unspecified atom stereocenters. The molecule has 4 heteroatoms. The summed E-state index contributed by atoms with van der Waals surface area (Å²) in [5, 5.41) is 9.77. The second-order valence-electron chi connectivity index (χ2n) is 4.74. The van der Waals surface area contributed by atoms with Crippen molar-refractivity contribution >= 4 is 9.84 Å². The van der Waals surface area contributed by atoms with Gasteiger partial charge in [-0.25, -0.2) is 8.42 Å². The van der Waals surface area contributed by atoms with E-state index in [9.17, 15) is 13.5 Å². The lowest BCUT2D eigenvalue weighted by molar-refractivity contribution is 0.110. The van der Waals surface area contributed by atoms with Gasteiger partial charge in [0.2, 0.25) is 0 Å². The first-order valence-electron chi connectivity index (χ1n) is 5.97. The van der Waals surface area contributed by atoms with Crippen molar-refractivity contribution in [3.63, 3.8) is 0 Å². The summed E-state index contributed by atoms with van der Waals surface area (Å²) in [6, 6.07) is 7.15. The van der Waals surface area contributed by atoms with Crippen LogP contribution in [0.5, 0.6) is 0 Å². The number of hydrogen-bond acceptors (Lipinski definition) is 3. The molecule has 0 aliphatic carbocycles. The lowest BCUT2D eigenvalue weighted by Crippen LogP contribution is -2.24. The number of hydrogen-bond donors (Lipinski definition) is 1. The Morgan fingerprint density at radius 3 is 2.65 bits per heavy atom. The van der Waals surface area contributed by atoms with Crippen LogP contribution in [0.15, 0.2) is 29.2 Å². The molecule has 1 aliphatic rings. The largest absolute Gasteiger partial charge is 0.393 e. The maximum Gasteiger partial charge on any atom is 0.179 e. The Morgan fingerprint density at radius 1 is 1.41 bits per heavy atom. The average molecular weight is 254 g/mol. The summed E-state index contributed by atoms with van der Waals surface area (Å²) in [6.45, 7) is 3.73. The van der Waals surface area contributed by atoms with E-state index in [1.54, 1.807) is 19.1 Å². The summed E-state index contributed by atoms with van der Waals surface area (Å²) in [5.41, 5.74) is 0.875. The van der Waals surface area contributed by atoms with Crippen molar-refractivity contribution in [2.45, 2.75) is 37.2 Å². The summed E-state index contributed by atoms with van der Waals surface area (Å²) in [5.74, 6) is 0.0741. The van der Waals surface area contributed by atoms with Gasteiger partial charge in [-0.1, -0.05) is 31.5 Å². The van der Waals surface area contributed by atoms with Gasteiger partial charge in [0.1, 0.15) is 0 Å². The molecule has 0 spiro atoms. The Balaban J connectivity index is 2.48. The zero-order valence-corrected chi connectivity index (χ0v) is 10.9. The lowest BCUT2D eigenvalue weighted by Gasteiger charge is -2.24. The molecule has 17 heavy (non-hydrogen) atoms. The highest BCUT2D eigenvalue weighted by Gasteiger charge is 2.39. The molecule has 0 saturated carbocycles. The topological polar surface area (TPSA) is 54.4 Å². The van der Waals surface area contributed by atoms with Gasteiger partial charge in [-0.2, -0.15) is 0 Å². The fraction of sp³-hybridized carbons (Fsp3) is 0.538. The molecule has 94 valence electrons. The molecule has 3 atom stereocenters. The maximum atomic E-state index is 12.0. The number of rotatable bonds is 3. The molecule has 1 heterocycles. The van der Waals surface area contributed by atoms with Crippen LogP contribution in [0.4, 0.5) is 0 Å². The van der Waals surface area contributed by atoms with E-state index in [0.717, 1.165) is 12.0 Å². The summed E-state index contributed by atoms with van der Waals surface area (Å²) >= 11 is 0. The van der Waals surface area contributed by atoms with Gasteiger partial charge in [-0.15, -0.1) is 0 Å². The zero-order valence-electron chi connectivity index (χ0n) is 10.1. The second-order valence-corrected chi connectivity index (χ2v) is 6.74. The van der Waals surface area contributed by atoms with Crippen molar-refractivity contribution in [3.8, 4) is 0 Å². The molecular formula is C13H18O3S. The fourth-order valence-electron chi connectivity index (χ4n) is 2.80. The Bertz CT molecular complexity index is 505. The number of sulfone groups is 1. The van der Waals surface area contributed by atoms with Crippen LogP contribution >= 0.6 is 0 Å². The molecule has 1 N–H and O–H groups in total. The number of benzene rings is 1. The van der Waals surface area contributed by atoms with Gasteiger partial charge in [0.05, 0.1) is 16.8 Å². The molecule has 0 bridgehead atoms. The summed E-state index contributed by atoms with van der Waals surface area (Å²) < 4.78 is 24.0. The first-order chi connectivity index (χ1) is 7.97. The summed E-state index contributed by atoms with van der Waals surface area (Å²) in [4.78, 5) is 0.448. The molecule has 0 saturated heterocycles. The molecule has 0 fully saturated rings. The number of fused-ring (bicyclic) bond motifs is 1. The summed E-state index contributed by atoms with van der Waals surface area (Å²) in [6.07, 6.45) is 0.304. The van der Waals surface area contributed by atoms with Gasteiger partial charge in [0.15, 0.2) is 9.84 Å².